The topological polar surface area (TPSA) is 86.8 Å². The van der Waals surface area contributed by atoms with Crippen molar-refractivity contribution in [2.24, 2.45) is 0 Å². The molecule has 224 valence electrons. The van der Waals surface area contributed by atoms with Gasteiger partial charge < -0.3 is 10.2 Å². The van der Waals surface area contributed by atoms with Gasteiger partial charge in [-0.2, -0.15) is 0 Å². The summed E-state index contributed by atoms with van der Waals surface area (Å²) >= 11 is 18.4. The highest BCUT2D eigenvalue weighted by Gasteiger charge is 2.34. The number of rotatable bonds is 11. The number of nitrogens with zero attached hydrogens (tertiary/aromatic N) is 2. The molecule has 1 fully saturated rings. The van der Waals surface area contributed by atoms with E-state index in [9.17, 15) is 22.4 Å². The van der Waals surface area contributed by atoms with E-state index in [2.05, 4.69) is 5.32 Å². The number of amides is 2. The minimum Gasteiger partial charge on any atom is -0.352 e. The number of halogens is 4. The number of sulfonamides is 1. The van der Waals surface area contributed by atoms with E-state index in [1.54, 1.807) is 43.3 Å². The van der Waals surface area contributed by atoms with Gasteiger partial charge in [-0.05, 0) is 67.3 Å². The summed E-state index contributed by atoms with van der Waals surface area (Å²) in [7, 11) is -4.30. The third-order valence-corrected chi connectivity index (χ3v) is 10.0. The maximum Gasteiger partial charge on any atom is 0.264 e. The molecule has 0 spiro atoms. The van der Waals surface area contributed by atoms with Crippen LogP contribution in [0.4, 0.5) is 10.1 Å². The largest absolute Gasteiger partial charge is 0.352 e. The Morgan fingerprint density at radius 1 is 0.952 bits per heavy atom. The molecule has 0 unspecified atom stereocenters. The quantitative estimate of drug-likeness (QED) is 0.245. The van der Waals surface area contributed by atoms with Gasteiger partial charge in [0.25, 0.3) is 10.0 Å². The van der Waals surface area contributed by atoms with Crippen molar-refractivity contribution < 1.29 is 22.4 Å². The fourth-order valence-electron chi connectivity index (χ4n) is 5.01. The summed E-state index contributed by atoms with van der Waals surface area (Å²) in [5.74, 6) is -1.70. The van der Waals surface area contributed by atoms with Crippen LogP contribution in [0.25, 0.3) is 0 Å². The van der Waals surface area contributed by atoms with Gasteiger partial charge in [0.1, 0.15) is 18.4 Å². The maximum atomic E-state index is 14.1. The molecule has 4 rings (SSSR count). The van der Waals surface area contributed by atoms with Crippen molar-refractivity contribution in [2.45, 2.75) is 62.6 Å². The van der Waals surface area contributed by atoms with Gasteiger partial charge in [-0.25, -0.2) is 12.8 Å². The molecule has 1 aliphatic rings. The van der Waals surface area contributed by atoms with Crippen molar-refractivity contribution >= 4 is 62.3 Å². The smallest absolute Gasteiger partial charge is 0.264 e. The molecule has 7 nitrogen and oxygen atoms in total. The molecule has 3 aromatic rings. The first-order chi connectivity index (χ1) is 20.0. The Kier molecular flexibility index (Phi) is 10.8. The molecular weight excluding hydrogens is 624 g/mol. The zero-order valence-electron chi connectivity index (χ0n) is 22.9. The third kappa shape index (κ3) is 7.56. The van der Waals surface area contributed by atoms with E-state index in [0.29, 0.717) is 10.6 Å². The van der Waals surface area contributed by atoms with Crippen molar-refractivity contribution in [3.63, 3.8) is 0 Å². The van der Waals surface area contributed by atoms with Crippen LogP contribution >= 0.6 is 34.8 Å². The molecule has 12 heteroatoms. The lowest BCUT2D eigenvalue weighted by atomic mass is 10.1. The second kappa shape index (κ2) is 14.1. The minimum atomic E-state index is -4.30. The summed E-state index contributed by atoms with van der Waals surface area (Å²) in [6.45, 7) is 1.08. The summed E-state index contributed by atoms with van der Waals surface area (Å²) in [6.07, 6.45) is 4.02. The zero-order chi connectivity index (χ0) is 30.4. The Labute approximate surface area is 260 Å². The number of carbonyl (C=O) groups is 2. The molecule has 1 atom stereocenters. The highest BCUT2D eigenvalue weighted by atomic mass is 35.5. The number of anilines is 1. The first kappa shape index (κ1) is 32.1. The van der Waals surface area contributed by atoms with Gasteiger partial charge in [0, 0.05) is 12.6 Å². The van der Waals surface area contributed by atoms with Gasteiger partial charge in [-0.15, -0.1) is 0 Å². The fraction of sp³-hybridized carbons (Fsp3) is 0.333. The lowest BCUT2D eigenvalue weighted by Gasteiger charge is -2.34. The van der Waals surface area contributed by atoms with Gasteiger partial charge in [0.15, 0.2) is 0 Å². The molecule has 0 saturated heterocycles. The van der Waals surface area contributed by atoms with Gasteiger partial charge in [0.05, 0.1) is 25.7 Å². The van der Waals surface area contributed by atoms with Crippen molar-refractivity contribution in [1.82, 2.24) is 10.2 Å². The predicted octanol–water partition coefficient (Wildman–Crippen LogP) is 6.85. The van der Waals surface area contributed by atoms with Crippen LogP contribution < -0.4 is 9.62 Å². The number of benzene rings is 3. The summed E-state index contributed by atoms with van der Waals surface area (Å²) in [4.78, 5) is 28.9. The number of hydrogen-bond acceptors (Lipinski definition) is 4. The Bertz CT molecular complexity index is 1540. The molecule has 1 aliphatic carbocycles. The second-order valence-electron chi connectivity index (χ2n) is 10.1. The Hall–Kier alpha value is -2.85. The van der Waals surface area contributed by atoms with E-state index in [1.165, 1.54) is 23.1 Å². The summed E-state index contributed by atoms with van der Waals surface area (Å²) < 4.78 is 42.6. The molecule has 2 amide bonds. The van der Waals surface area contributed by atoms with Crippen molar-refractivity contribution in [3.05, 3.63) is 93.2 Å². The first-order valence-electron chi connectivity index (χ1n) is 13.6. The number of hydrogen-bond donors (Lipinski definition) is 1. The second-order valence-corrected chi connectivity index (χ2v) is 13.2. The Morgan fingerprint density at radius 2 is 1.64 bits per heavy atom. The van der Waals surface area contributed by atoms with Gasteiger partial charge in [0.2, 0.25) is 11.8 Å². The Morgan fingerprint density at radius 3 is 2.26 bits per heavy atom. The standard InChI is InChI=1S/C30H31Cl3FN3O4S/c1-2-28(30(39)35-21-8-6-7-9-21)36(18-20-12-14-24(31)25(32)16-20)29(38)19-37(22-13-15-27(34)26(33)17-22)42(40,41)23-10-4-3-5-11-23/h3-5,10-17,21,28H,2,6-9,18-19H2,1H3,(H,35,39)/t28-/m1/s1. The molecule has 0 heterocycles. The molecule has 3 aromatic carbocycles. The van der Waals surface area contributed by atoms with Gasteiger partial charge in [-0.1, -0.05) is 78.8 Å². The van der Waals surface area contributed by atoms with Crippen molar-refractivity contribution in [1.29, 1.82) is 0 Å². The summed E-state index contributed by atoms with van der Waals surface area (Å²) in [5, 5.41) is 3.36. The van der Waals surface area contributed by atoms with Crippen LogP contribution in [0.5, 0.6) is 0 Å². The third-order valence-electron chi connectivity index (χ3n) is 7.23. The van der Waals surface area contributed by atoms with Crippen LogP contribution in [-0.2, 0) is 26.2 Å². The van der Waals surface area contributed by atoms with Gasteiger partial charge >= 0.3 is 0 Å². The van der Waals surface area contributed by atoms with Crippen LogP contribution in [0.3, 0.4) is 0 Å². The molecule has 0 aromatic heterocycles. The van der Waals surface area contributed by atoms with Crippen LogP contribution in [0.15, 0.2) is 71.6 Å². The van der Waals surface area contributed by atoms with Crippen molar-refractivity contribution in [2.75, 3.05) is 10.8 Å². The minimum absolute atomic E-state index is 0.00320. The SMILES string of the molecule is CC[C@H](C(=O)NC1CCCC1)N(Cc1ccc(Cl)c(Cl)c1)C(=O)CN(c1ccc(F)c(Cl)c1)S(=O)(=O)c1ccccc1. The molecular formula is C30H31Cl3FN3O4S. The normalized spacial score (nSPS) is 14.4. The first-order valence-corrected chi connectivity index (χ1v) is 16.1. The maximum absolute atomic E-state index is 14.1. The van der Waals surface area contributed by atoms with Crippen molar-refractivity contribution in [3.8, 4) is 0 Å². The highest BCUT2D eigenvalue weighted by molar-refractivity contribution is 7.92. The lowest BCUT2D eigenvalue weighted by Crippen LogP contribution is -2.53. The van der Waals surface area contributed by atoms with E-state index in [0.717, 1.165) is 42.1 Å². The molecule has 1 saturated carbocycles. The average molecular weight is 655 g/mol. The van der Waals surface area contributed by atoms with E-state index in [4.69, 9.17) is 34.8 Å². The predicted molar refractivity (Wildman–Crippen MR) is 164 cm³/mol. The van der Waals surface area contributed by atoms with E-state index >= 15 is 0 Å². The fourth-order valence-corrected chi connectivity index (χ4v) is 6.93. The number of nitrogens with one attached hydrogen (secondary N) is 1. The highest BCUT2D eigenvalue weighted by Crippen LogP contribution is 2.29. The van der Waals surface area contributed by atoms with Gasteiger partial charge in [-0.3, -0.25) is 13.9 Å². The van der Waals surface area contributed by atoms with Crippen LogP contribution in [0, 0.1) is 5.82 Å². The summed E-state index contributed by atoms with van der Waals surface area (Å²) in [6, 6.07) is 15.0. The molecule has 0 radical (unpaired) electrons. The molecule has 0 bridgehead atoms. The lowest BCUT2D eigenvalue weighted by molar-refractivity contribution is -0.140. The Balaban J connectivity index is 1.73. The monoisotopic (exact) mass is 653 g/mol. The number of carbonyl (C=O) groups excluding carboxylic acids is 2. The van der Waals surface area contributed by atoms with E-state index in [-0.39, 0.29) is 45.5 Å². The molecule has 0 aliphatic heterocycles. The van der Waals surface area contributed by atoms with E-state index in [1.807, 2.05) is 0 Å². The van der Waals surface area contributed by atoms with Crippen LogP contribution in [0.2, 0.25) is 15.1 Å². The average Bonchev–Trinajstić information content (AvgIpc) is 3.48. The van der Waals surface area contributed by atoms with Crippen LogP contribution in [-0.4, -0.2) is 43.8 Å². The summed E-state index contributed by atoms with van der Waals surface area (Å²) in [5.41, 5.74) is 0.601. The molecule has 42 heavy (non-hydrogen) atoms. The van der Waals surface area contributed by atoms with E-state index < -0.39 is 34.3 Å². The van der Waals surface area contributed by atoms with Crippen LogP contribution in [0.1, 0.15) is 44.6 Å². The molecule has 1 N–H and O–H groups in total. The zero-order valence-corrected chi connectivity index (χ0v) is 26.0.